The zero-order chi connectivity index (χ0) is 17.7. The van der Waals surface area contributed by atoms with Gasteiger partial charge in [-0.2, -0.15) is 0 Å². The molecule has 2 aromatic rings. The lowest BCUT2D eigenvalue weighted by Crippen LogP contribution is -2.01. The summed E-state index contributed by atoms with van der Waals surface area (Å²) in [4.78, 5) is 0. The number of ether oxygens (including phenoxy) is 2. The number of rotatable bonds is 6. The van der Waals surface area contributed by atoms with Crippen LogP contribution in [0.15, 0.2) is 42.0 Å². The Hall–Kier alpha value is -2.62. The van der Waals surface area contributed by atoms with Gasteiger partial charge in [0.2, 0.25) is 0 Å². The lowest BCUT2D eigenvalue weighted by Gasteiger charge is -2.14. The minimum atomic E-state index is 0.136. The summed E-state index contributed by atoms with van der Waals surface area (Å²) < 4.78 is 10.3. The zero-order valence-corrected chi connectivity index (χ0v) is 14.5. The number of allylic oxidation sites excluding steroid dienone is 1. The third kappa shape index (κ3) is 4.22. The Morgan fingerprint density at radius 1 is 1.00 bits per heavy atom. The number of benzene rings is 2. The maximum atomic E-state index is 9.68. The average molecular weight is 328 g/mol. The van der Waals surface area contributed by atoms with Crippen molar-refractivity contribution in [3.8, 4) is 23.0 Å². The van der Waals surface area contributed by atoms with Crippen LogP contribution in [0.25, 0.3) is 6.08 Å². The molecule has 128 valence electrons. The second-order valence-electron chi connectivity index (χ2n) is 5.93. The van der Waals surface area contributed by atoms with Crippen LogP contribution in [0.2, 0.25) is 0 Å². The quantitative estimate of drug-likeness (QED) is 0.825. The molecular weight excluding hydrogens is 304 g/mol. The monoisotopic (exact) mass is 328 g/mol. The summed E-state index contributed by atoms with van der Waals surface area (Å²) in [5.74, 6) is 1.56. The molecule has 0 radical (unpaired) electrons. The summed E-state index contributed by atoms with van der Waals surface area (Å²) in [7, 11) is 3.09. The second kappa shape index (κ2) is 7.77. The molecule has 0 amide bonds. The van der Waals surface area contributed by atoms with Gasteiger partial charge in [-0.15, -0.1) is 0 Å². The van der Waals surface area contributed by atoms with Crippen molar-refractivity contribution in [3.63, 3.8) is 0 Å². The Balaban J connectivity index is 2.15. The lowest BCUT2D eigenvalue weighted by atomic mass is 9.93. The van der Waals surface area contributed by atoms with Crippen LogP contribution in [0, 0.1) is 5.92 Å². The first kappa shape index (κ1) is 17.7. The van der Waals surface area contributed by atoms with Crippen molar-refractivity contribution in [1.29, 1.82) is 0 Å². The van der Waals surface area contributed by atoms with E-state index >= 15 is 0 Å². The molecule has 0 aliphatic rings. The minimum Gasteiger partial charge on any atom is -0.504 e. The Bertz CT molecular complexity index is 734. The van der Waals surface area contributed by atoms with Gasteiger partial charge in [0.15, 0.2) is 23.0 Å². The zero-order valence-electron chi connectivity index (χ0n) is 14.5. The molecule has 0 spiro atoms. The molecule has 2 rings (SSSR count). The lowest BCUT2D eigenvalue weighted by molar-refractivity contribution is 0.372. The Morgan fingerprint density at radius 3 is 2.21 bits per heavy atom. The first-order chi connectivity index (χ1) is 11.4. The van der Waals surface area contributed by atoms with E-state index in [1.165, 1.54) is 12.7 Å². The highest BCUT2D eigenvalue weighted by Gasteiger charge is 2.10. The predicted molar refractivity (Wildman–Crippen MR) is 95.8 cm³/mol. The molecule has 0 aliphatic heterocycles. The van der Waals surface area contributed by atoms with Crippen molar-refractivity contribution in [2.45, 2.75) is 20.3 Å². The van der Waals surface area contributed by atoms with Crippen LogP contribution in [0.3, 0.4) is 0 Å². The van der Waals surface area contributed by atoms with E-state index in [0.29, 0.717) is 17.4 Å². The summed E-state index contributed by atoms with van der Waals surface area (Å²) in [5.41, 5.74) is 3.31. The van der Waals surface area contributed by atoms with Crippen LogP contribution in [-0.4, -0.2) is 24.4 Å². The Labute approximate surface area is 143 Å². The highest BCUT2D eigenvalue weighted by atomic mass is 16.5. The molecule has 0 aromatic heterocycles. The van der Waals surface area contributed by atoms with Gasteiger partial charge in [0, 0.05) is 0 Å². The summed E-state index contributed by atoms with van der Waals surface area (Å²) in [5, 5.41) is 19.3. The van der Waals surface area contributed by atoms with Gasteiger partial charge in [-0.05, 0) is 54.7 Å². The highest BCUT2D eigenvalue weighted by Crippen LogP contribution is 2.30. The molecule has 0 saturated carbocycles. The molecule has 1 atom stereocenters. The third-order valence-corrected chi connectivity index (χ3v) is 4.16. The predicted octanol–water partition coefficient (Wildman–Crippen LogP) is 4.40. The number of phenolic OH excluding ortho intramolecular Hbond substituents is 2. The van der Waals surface area contributed by atoms with Crippen LogP contribution < -0.4 is 9.47 Å². The van der Waals surface area contributed by atoms with Crippen molar-refractivity contribution < 1.29 is 19.7 Å². The van der Waals surface area contributed by atoms with Crippen molar-refractivity contribution in [2.75, 3.05) is 14.2 Å². The summed E-state index contributed by atoms with van der Waals surface area (Å²) >= 11 is 0. The van der Waals surface area contributed by atoms with E-state index in [2.05, 4.69) is 19.9 Å². The molecular formula is C20H24O4. The van der Waals surface area contributed by atoms with E-state index < -0.39 is 0 Å². The van der Waals surface area contributed by atoms with E-state index in [-0.39, 0.29) is 11.5 Å². The Morgan fingerprint density at radius 2 is 1.58 bits per heavy atom. The number of phenols is 2. The molecule has 24 heavy (non-hydrogen) atoms. The Kier molecular flexibility index (Phi) is 5.74. The first-order valence-electron chi connectivity index (χ1n) is 7.85. The highest BCUT2D eigenvalue weighted by molar-refractivity contribution is 5.58. The third-order valence-electron chi connectivity index (χ3n) is 4.16. The number of aromatic hydroxyl groups is 2. The van der Waals surface area contributed by atoms with Gasteiger partial charge in [0.05, 0.1) is 14.2 Å². The average Bonchev–Trinajstić information content (AvgIpc) is 2.58. The SMILES string of the molecule is COc1cc(/C=C(\C)[C@@H](C)Cc2ccc(O)c(OC)c2)ccc1O. The van der Waals surface area contributed by atoms with Crippen LogP contribution in [0.1, 0.15) is 25.0 Å². The second-order valence-corrected chi connectivity index (χ2v) is 5.93. The van der Waals surface area contributed by atoms with Gasteiger partial charge in [-0.1, -0.05) is 30.7 Å². The summed E-state index contributed by atoms with van der Waals surface area (Å²) in [6.45, 7) is 4.24. The van der Waals surface area contributed by atoms with Gasteiger partial charge in [-0.3, -0.25) is 0 Å². The number of methoxy groups -OCH3 is 2. The molecule has 0 aliphatic carbocycles. The minimum absolute atomic E-state index is 0.136. The molecule has 0 fully saturated rings. The van der Waals surface area contributed by atoms with E-state index in [0.717, 1.165) is 17.5 Å². The van der Waals surface area contributed by atoms with Crippen molar-refractivity contribution >= 4 is 6.08 Å². The molecule has 0 unspecified atom stereocenters. The fraction of sp³-hybridized carbons (Fsp3) is 0.300. The van der Waals surface area contributed by atoms with Crippen molar-refractivity contribution in [2.24, 2.45) is 5.92 Å². The maximum Gasteiger partial charge on any atom is 0.161 e. The van der Waals surface area contributed by atoms with Crippen molar-refractivity contribution in [3.05, 3.63) is 53.1 Å². The molecule has 0 bridgehead atoms. The normalized spacial score (nSPS) is 12.8. The number of hydrogen-bond acceptors (Lipinski definition) is 4. The topological polar surface area (TPSA) is 58.9 Å². The molecule has 0 saturated heterocycles. The van der Waals surface area contributed by atoms with Gasteiger partial charge in [0.25, 0.3) is 0 Å². The van der Waals surface area contributed by atoms with Crippen LogP contribution in [-0.2, 0) is 6.42 Å². The van der Waals surface area contributed by atoms with Crippen molar-refractivity contribution in [1.82, 2.24) is 0 Å². The molecule has 4 nitrogen and oxygen atoms in total. The van der Waals surface area contributed by atoms with E-state index in [1.54, 1.807) is 19.2 Å². The van der Waals surface area contributed by atoms with E-state index in [1.807, 2.05) is 24.3 Å². The van der Waals surface area contributed by atoms with Gasteiger partial charge < -0.3 is 19.7 Å². The molecule has 2 N–H and O–H groups in total. The maximum absolute atomic E-state index is 9.68. The summed E-state index contributed by atoms with van der Waals surface area (Å²) in [6, 6.07) is 10.7. The van der Waals surface area contributed by atoms with Crippen LogP contribution in [0.4, 0.5) is 0 Å². The first-order valence-corrected chi connectivity index (χ1v) is 7.85. The standard InChI is InChI=1S/C20H24O4/c1-13(9-15-5-7-17(21)19(11-15)23-3)14(2)10-16-6-8-18(22)20(12-16)24-4/h5-9,11-12,14,21-22H,10H2,1-4H3/b13-9+/t14-/m0/s1. The van der Waals surface area contributed by atoms with Gasteiger partial charge in [-0.25, -0.2) is 0 Å². The van der Waals surface area contributed by atoms with E-state index in [9.17, 15) is 10.2 Å². The molecule has 0 heterocycles. The molecule has 4 heteroatoms. The van der Waals surface area contributed by atoms with Crippen LogP contribution >= 0.6 is 0 Å². The van der Waals surface area contributed by atoms with E-state index in [4.69, 9.17) is 9.47 Å². The smallest absolute Gasteiger partial charge is 0.161 e. The molecule has 2 aromatic carbocycles. The van der Waals surface area contributed by atoms with Gasteiger partial charge in [0.1, 0.15) is 0 Å². The largest absolute Gasteiger partial charge is 0.504 e. The number of hydrogen-bond donors (Lipinski definition) is 2. The fourth-order valence-electron chi connectivity index (χ4n) is 2.55. The fourth-order valence-corrected chi connectivity index (χ4v) is 2.55. The summed E-state index contributed by atoms with van der Waals surface area (Å²) in [6.07, 6.45) is 2.93. The van der Waals surface area contributed by atoms with Gasteiger partial charge >= 0.3 is 0 Å². The van der Waals surface area contributed by atoms with Crippen LogP contribution in [0.5, 0.6) is 23.0 Å².